The van der Waals surface area contributed by atoms with E-state index in [1.165, 1.54) is 0 Å². The van der Waals surface area contributed by atoms with E-state index in [9.17, 15) is 4.79 Å². The van der Waals surface area contributed by atoms with Gasteiger partial charge in [-0.2, -0.15) is 0 Å². The number of ether oxygens (including phenoxy) is 1. The molecule has 3 aliphatic heterocycles. The van der Waals surface area contributed by atoms with Gasteiger partial charge in [-0.15, -0.1) is 0 Å². The maximum Gasteiger partial charge on any atom is 0.330 e. The summed E-state index contributed by atoms with van der Waals surface area (Å²) in [7, 11) is 0. The van der Waals surface area contributed by atoms with Gasteiger partial charge in [-0.25, -0.2) is 4.79 Å². The lowest BCUT2D eigenvalue weighted by molar-refractivity contribution is -0.140. The van der Waals surface area contributed by atoms with E-state index in [4.69, 9.17) is 9.84 Å². The van der Waals surface area contributed by atoms with Gasteiger partial charge in [-0.05, 0) is 24.3 Å². The zero-order valence-corrected chi connectivity index (χ0v) is 8.33. The van der Waals surface area contributed by atoms with Crippen LogP contribution in [0, 0.1) is 0 Å². The van der Waals surface area contributed by atoms with Crippen LogP contribution in [-0.4, -0.2) is 22.0 Å². The largest absolute Gasteiger partial charge is 0.479 e. The van der Waals surface area contributed by atoms with Crippen LogP contribution in [0.4, 0.5) is 0 Å². The Labute approximate surface area is 92.1 Å². The molecule has 3 rings (SSSR count). The van der Waals surface area contributed by atoms with Crippen molar-refractivity contribution in [1.29, 1.82) is 0 Å². The molecule has 0 saturated heterocycles. The third kappa shape index (κ3) is 1.13. The van der Waals surface area contributed by atoms with Crippen molar-refractivity contribution < 1.29 is 14.6 Å². The number of hydrogen-bond donors (Lipinski definition) is 1. The lowest BCUT2D eigenvalue weighted by atomic mass is 9.99. The lowest BCUT2D eigenvalue weighted by Crippen LogP contribution is -2.39. The minimum absolute atomic E-state index is 0.659. The van der Waals surface area contributed by atoms with Crippen LogP contribution in [-0.2, 0) is 9.53 Å². The minimum atomic E-state index is -0.872. The summed E-state index contributed by atoms with van der Waals surface area (Å²) in [6.07, 6.45) is 12.3. The van der Waals surface area contributed by atoms with E-state index >= 15 is 0 Å². The molecule has 1 atom stereocenters. The van der Waals surface area contributed by atoms with Crippen molar-refractivity contribution in [2.24, 2.45) is 0 Å². The number of nitrogens with zero attached hydrogens (tertiary/aromatic N) is 1. The van der Waals surface area contributed by atoms with E-state index in [-0.39, 0.29) is 0 Å². The third-order valence-corrected chi connectivity index (χ3v) is 2.71. The Morgan fingerprint density at radius 3 is 3.12 bits per heavy atom. The van der Waals surface area contributed by atoms with Crippen LogP contribution in [0.3, 0.4) is 0 Å². The van der Waals surface area contributed by atoms with Gasteiger partial charge in [-0.1, -0.05) is 6.08 Å². The molecule has 0 amide bonds. The number of carboxylic acid groups (broad SMARTS) is 1. The molecule has 0 aliphatic carbocycles. The van der Waals surface area contributed by atoms with Gasteiger partial charge < -0.3 is 14.7 Å². The molecule has 1 unspecified atom stereocenters. The van der Waals surface area contributed by atoms with E-state index in [1.807, 2.05) is 18.2 Å². The summed E-state index contributed by atoms with van der Waals surface area (Å²) in [5, 5.41) is 9.11. The molecule has 3 heterocycles. The van der Waals surface area contributed by atoms with Gasteiger partial charge in [0, 0.05) is 11.8 Å². The van der Waals surface area contributed by atoms with Gasteiger partial charge in [0.1, 0.15) is 6.04 Å². The van der Waals surface area contributed by atoms with Crippen LogP contribution in [0.2, 0.25) is 0 Å². The van der Waals surface area contributed by atoms with Crippen LogP contribution >= 0.6 is 0 Å². The average molecular weight is 215 g/mol. The second-order valence-electron chi connectivity index (χ2n) is 3.65. The summed E-state index contributed by atoms with van der Waals surface area (Å²) >= 11 is 0. The smallest absolute Gasteiger partial charge is 0.330 e. The highest BCUT2D eigenvalue weighted by molar-refractivity contribution is 5.78. The van der Waals surface area contributed by atoms with E-state index < -0.39 is 12.0 Å². The molecule has 0 aromatic heterocycles. The number of allylic oxidation sites excluding steroid dienone is 5. The Morgan fingerprint density at radius 1 is 1.44 bits per heavy atom. The van der Waals surface area contributed by atoms with Gasteiger partial charge >= 0.3 is 5.97 Å². The molecule has 80 valence electrons. The SMILES string of the molecule is O=C(O)C1C=CC2=C3C(=CC=CN31)OC=C2. The summed E-state index contributed by atoms with van der Waals surface area (Å²) in [5.74, 6) is -0.182. The summed E-state index contributed by atoms with van der Waals surface area (Å²) in [4.78, 5) is 12.8. The number of carboxylic acids is 1. The second kappa shape index (κ2) is 3.13. The monoisotopic (exact) mass is 215 g/mol. The maximum absolute atomic E-state index is 11.1. The van der Waals surface area contributed by atoms with Crippen LogP contribution in [0.1, 0.15) is 0 Å². The Hall–Kier alpha value is -2.23. The predicted octanol–water partition coefficient (Wildman–Crippen LogP) is 1.52. The van der Waals surface area contributed by atoms with Gasteiger partial charge in [0.05, 0.1) is 12.0 Å². The van der Waals surface area contributed by atoms with Crippen molar-refractivity contribution in [3.05, 3.63) is 59.9 Å². The third-order valence-electron chi connectivity index (χ3n) is 2.71. The summed E-state index contributed by atoms with van der Waals surface area (Å²) in [6, 6.07) is -0.659. The van der Waals surface area contributed by atoms with Gasteiger partial charge in [0.2, 0.25) is 0 Å². The van der Waals surface area contributed by atoms with Crippen molar-refractivity contribution in [2.45, 2.75) is 6.04 Å². The van der Waals surface area contributed by atoms with Crippen LogP contribution in [0.5, 0.6) is 0 Å². The summed E-state index contributed by atoms with van der Waals surface area (Å²) < 4.78 is 5.35. The van der Waals surface area contributed by atoms with Gasteiger partial charge in [-0.3, -0.25) is 0 Å². The molecule has 16 heavy (non-hydrogen) atoms. The van der Waals surface area contributed by atoms with E-state index in [2.05, 4.69) is 0 Å². The summed E-state index contributed by atoms with van der Waals surface area (Å²) in [5.41, 5.74) is 1.79. The van der Waals surface area contributed by atoms with E-state index in [1.54, 1.807) is 29.5 Å². The molecular formula is C12H9NO3. The molecule has 0 bridgehead atoms. The molecule has 4 heteroatoms. The van der Waals surface area contributed by atoms with Crippen LogP contribution in [0.25, 0.3) is 0 Å². The molecule has 0 aromatic rings. The van der Waals surface area contributed by atoms with Crippen molar-refractivity contribution in [3.63, 3.8) is 0 Å². The Balaban J connectivity index is 2.13. The molecule has 0 radical (unpaired) electrons. The molecule has 0 spiro atoms. The van der Waals surface area contributed by atoms with Crippen LogP contribution < -0.4 is 0 Å². The molecule has 4 nitrogen and oxygen atoms in total. The topological polar surface area (TPSA) is 49.8 Å². The van der Waals surface area contributed by atoms with Crippen molar-refractivity contribution in [2.75, 3.05) is 0 Å². The Kier molecular flexibility index (Phi) is 1.77. The van der Waals surface area contributed by atoms with Gasteiger partial charge in [0.25, 0.3) is 0 Å². The van der Waals surface area contributed by atoms with Crippen molar-refractivity contribution >= 4 is 5.97 Å². The predicted molar refractivity (Wildman–Crippen MR) is 56.9 cm³/mol. The second-order valence-corrected chi connectivity index (χ2v) is 3.65. The maximum atomic E-state index is 11.1. The summed E-state index contributed by atoms with van der Waals surface area (Å²) in [6.45, 7) is 0. The molecule has 3 aliphatic rings. The van der Waals surface area contributed by atoms with Crippen molar-refractivity contribution in [3.8, 4) is 0 Å². The highest BCUT2D eigenvalue weighted by atomic mass is 16.5. The fourth-order valence-corrected chi connectivity index (χ4v) is 2.00. The lowest BCUT2D eigenvalue weighted by Gasteiger charge is -2.35. The zero-order valence-electron chi connectivity index (χ0n) is 8.33. The fourth-order valence-electron chi connectivity index (χ4n) is 2.00. The minimum Gasteiger partial charge on any atom is -0.479 e. The van der Waals surface area contributed by atoms with Crippen molar-refractivity contribution in [1.82, 2.24) is 4.90 Å². The fraction of sp³-hybridized carbons (Fsp3) is 0.0833. The van der Waals surface area contributed by atoms with E-state index in [0.717, 1.165) is 11.3 Å². The average Bonchev–Trinajstić information content (AvgIpc) is 2.30. The number of hydrogen-bond acceptors (Lipinski definition) is 3. The highest BCUT2D eigenvalue weighted by Gasteiger charge is 2.32. The number of carbonyl (C=O) groups is 1. The number of rotatable bonds is 1. The Morgan fingerprint density at radius 2 is 2.31 bits per heavy atom. The standard InChI is InChI=1S/C12H9NO3/c14-12(15)9-4-3-8-5-7-16-10-2-1-6-13(9)11(8)10/h1-7,9H,(H,14,15). The first kappa shape index (κ1) is 9.03. The first-order chi connectivity index (χ1) is 7.77. The first-order valence-electron chi connectivity index (χ1n) is 4.93. The quantitative estimate of drug-likeness (QED) is 0.720. The van der Waals surface area contributed by atoms with E-state index in [0.29, 0.717) is 5.76 Å². The molecule has 0 fully saturated rings. The molecule has 0 saturated carbocycles. The normalized spacial score (nSPS) is 25.1. The highest BCUT2D eigenvalue weighted by Crippen LogP contribution is 2.34. The molecular weight excluding hydrogens is 206 g/mol. The van der Waals surface area contributed by atoms with Gasteiger partial charge in [0.15, 0.2) is 5.76 Å². The first-order valence-corrected chi connectivity index (χ1v) is 4.93. The molecule has 1 N–H and O–H groups in total. The zero-order chi connectivity index (χ0) is 11.1. The Bertz CT molecular complexity index is 508. The van der Waals surface area contributed by atoms with Crippen LogP contribution in [0.15, 0.2) is 59.9 Å². The molecule has 0 aromatic carbocycles. The number of aliphatic carboxylic acids is 1.